The van der Waals surface area contributed by atoms with Crippen LogP contribution < -0.4 is 26.6 Å². The first-order valence-electron chi connectivity index (χ1n) is 25.5. The fraction of sp³-hybridized carbons (Fsp3) is 0.231. The van der Waals surface area contributed by atoms with Gasteiger partial charge in [0.05, 0.1) is 35.3 Å². The Balaban J connectivity index is 1.18. The minimum Gasteiger partial charge on any atom is -0.468 e. The molecule has 11 aromatic rings. The van der Waals surface area contributed by atoms with Gasteiger partial charge in [0.25, 0.3) is 0 Å². The molecule has 0 saturated heterocycles. The van der Waals surface area contributed by atoms with E-state index in [1.807, 2.05) is 36.8 Å². The van der Waals surface area contributed by atoms with E-state index in [0.717, 1.165) is 139 Å². The van der Waals surface area contributed by atoms with Gasteiger partial charge in [-0.3, -0.25) is 0 Å². The zero-order valence-corrected chi connectivity index (χ0v) is 43.4. The largest absolute Gasteiger partial charge is 0.468 e. The van der Waals surface area contributed by atoms with Crippen LogP contribution in [-0.4, -0.2) is 6.71 Å². The third kappa shape index (κ3) is 6.35. The molecule has 0 unspecified atom stereocenters. The Hall–Kier alpha value is -7.64. The Kier molecular flexibility index (Phi) is 9.50. The molecular formula is C65H59BN2O4. The van der Waals surface area contributed by atoms with Gasteiger partial charge in [-0.15, -0.1) is 0 Å². The average molecular weight is 943 g/mol. The zero-order valence-electron chi connectivity index (χ0n) is 43.4. The van der Waals surface area contributed by atoms with Crippen LogP contribution in [0.25, 0.3) is 66.1 Å². The van der Waals surface area contributed by atoms with E-state index in [-0.39, 0.29) is 23.5 Å². The van der Waals surface area contributed by atoms with Crippen molar-refractivity contribution in [2.45, 2.75) is 99.8 Å². The Morgan fingerprint density at radius 3 is 1.29 bits per heavy atom. The molecule has 0 amide bonds. The smallest absolute Gasteiger partial charge is 0.342 e. The highest BCUT2D eigenvalue weighted by Gasteiger charge is 2.51. The van der Waals surface area contributed by atoms with E-state index >= 15 is 0 Å². The number of anilines is 6. The van der Waals surface area contributed by atoms with Crippen molar-refractivity contribution < 1.29 is 17.7 Å². The lowest BCUT2D eigenvalue weighted by atomic mass is 9.37. The van der Waals surface area contributed by atoms with Crippen molar-refractivity contribution in [3.63, 3.8) is 0 Å². The van der Waals surface area contributed by atoms with Crippen molar-refractivity contribution in [1.82, 2.24) is 0 Å². The average Bonchev–Trinajstić information content (AvgIpc) is 4.15. The van der Waals surface area contributed by atoms with Gasteiger partial charge in [-0.05, 0) is 149 Å². The highest BCUT2D eigenvalue weighted by Crippen LogP contribution is 2.54. The third-order valence-electron chi connectivity index (χ3n) is 15.9. The number of furan rings is 4. The Labute approximate surface area is 421 Å². The molecule has 0 saturated carbocycles. The molecule has 2 aliphatic heterocycles. The first kappa shape index (κ1) is 44.3. The summed E-state index contributed by atoms with van der Waals surface area (Å²) >= 11 is 0. The molecule has 0 aliphatic carbocycles. The van der Waals surface area contributed by atoms with E-state index in [1.54, 1.807) is 0 Å². The summed E-state index contributed by atoms with van der Waals surface area (Å²) in [5.41, 5.74) is 25.6. The number of aryl methyl sites for hydroxylation is 2. The number of hydrogen-bond acceptors (Lipinski definition) is 6. The van der Waals surface area contributed by atoms with Crippen LogP contribution in [0.1, 0.15) is 100 Å². The first-order valence-corrected chi connectivity index (χ1v) is 25.5. The molecule has 0 radical (unpaired) electrons. The highest BCUT2D eigenvalue weighted by atomic mass is 16.4. The molecular weight excluding hydrogens is 884 g/mol. The Bertz CT molecular complexity index is 3810. The van der Waals surface area contributed by atoms with Crippen LogP contribution in [0.15, 0.2) is 152 Å². The lowest BCUT2D eigenvalue weighted by Gasteiger charge is -2.43. The monoisotopic (exact) mass is 942 g/mol. The van der Waals surface area contributed by atoms with E-state index in [9.17, 15) is 0 Å². The minimum absolute atomic E-state index is 0.100. The summed E-state index contributed by atoms with van der Waals surface area (Å²) in [5.74, 6) is 0.204. The number of fused-ring (bicyclic) bond motifs is 10. The molecule has 13 rings (SSSR count). The van der Waals surface area contributed by atoms with E-state index in [1.165, 1.54) is 16.7 Å². The van der Waals surface area contributed by atoms with Crippen LogP contribution in [0.3, 0.4) is 0 Å². The summed E-state index contributed by atoms with van der Waals surface area (Å²) in [5, 5.41) is 4.35. The normalized spacial score (nSPS) is 13.6. The van der Waals surface area contributed by atoms with E-state index in [4.69, 9.17) is 17.7 Å². The van der Waals surface area contributed by atoms with Gasteiger partial charge in [0, 0.05) is 44.0 Å². The second kappa shape index (κ2) is 15.4. The van der Waals surface area contributed by atoms with E-state index in [0.29, 0.717) is 0 Å². The molecule has 0 bridgehead atoms. The maximum absolute atomic E-state index is 7.46. The quantitative estimate of drug-likeness (QED) is 0.160. The second-order valence-corrected chi connectivity index (χ2v) is 22.9. The van der Waals surface area contributed by atoms with Crippen LogP contribution in [0, 0.1) is 27.7 Å². The summed E-state index contributed by atoms with van der Waals surface area (Å²) in [6, 6.07) is 44.3. The number of nitrogens with zero attached hydrogens (tertiary/aromatic N) is 2. The third-order valence-corrected chi connectivity index (χ3v) is 15.9. The van der Waals surface area contributed by atoms with Crippen LogP contribution in [0.5, 0.6) is 0 Å². The summed E-state index contributed by atoms with van der Waals surface area (Å²) < 4.78 is 27.4. The SMILES string of the molecule is Cc1ccc(-c2coc3ccccc23)c(C)c1N1c2cc(C(C)C)cc3c2B(c2oc4ccc(C(C)(C)C)cc4c21)c1oc2ccc(C(C)(C)C)cc2c1N3c1c(C)ccc(-c2coc3ccccc23)c1C. The van der Waals surface area contributed by atoms with Gasteiger partial charge in [0.1, 0.15) is 33.7 Å². The van der Waals surface area contributed by atoms with Crippen molar-refractivity contribution in [3.8, 4) is 22.3 Å². The van der Waals surface area contributed by atoms with Crippen LogP contribution in [0.2, 0.25) is 0 Å². The summed E-state index contributed by atoms with van der Waals surface area (Å²) in [6.45, 7) is 27.1. The van der Waals surface area contributed by atoms with Gasteiger partial charge in [-0.1, -0.05) is 128 Å². The molecule has 4 aromatic heterocycles. The molecule has 7 heteroatoms. The summed E-state index contributed by atoms with van der Waals surface area (Å²) in [7, 11) is 0. The first-order chi connectivity index (χ1) is 34.5. The molecule has 0 fully saturated rings. The fourth-order valence-corrected chi connectivity index (χ4v) is 12.0. The molecule has 7 aromatic carbocycles. The van der Waals surface area contributed by atoms with Gasteiger partial charge in [-0.25, -0.2) is 0 Å². The second-order valence-electron chi connectivity index (χ2n) is 22.9. The highest BCUT2D eigenvalue weighted by molar-refractivity contribution is 6.99. The molecule has 6 nitrogen and oxygen atoms in total. The number of hydrogen-bond donors (Lipinski definition) is 0. The van der Waals surface area contributed by atoms with Gasteiger partial charge in [0.2, 0.25) is 0 Å². The topological polar surface area (TPSA) is 59.0 Å². The Morgan fingerprint density at radius 1 is 0.444 bits per heavy atom. The summed E-state index contributed by atoms with van der Waals surface area (Å²) in [6.07, 6.45) is 3.84. The van der Waals surface area contributed by atoms with Crippen LogP contribution in [-0.2, 0) is 10.8 Å². The lowest BCUT2D eigenvalue weighted by Crippen LogP contribution is -2.60. The number of benzene rings is 7. The Morgan fingerprint density at radius 2 is 0.875 bits per heavy atom. The van der Waals surface area contributed by atoms with Crippen LogP contribution >= 0.6 is 0 Å². The predicted molar refractivity (Wildman–Crippen MR) is 301 cm³/mol. The van der Waals surface area contributed by atoms with Crippen molar-refractivity contribution in [2.75, 3.05) is 9.80 Å². The molecule has 0 N–H and O–H groups in total. The van der Waals surface area contributed by atoms with Crippen LogP contribution in [0.4, 0.5) is 34.1 Å². The van der Waals surface area contributed by atoms with Gasteiger partial charge < -0.3 is 27.5 Å². The summed E-state index contributed by atoms with van der Waals surface area (Å²) in [4.78, 5) is 5.12. The predicted octanol–water partition coefficient (Wildman–Crippen LogP) is 17.0. The molecule has 2 aliphatic rings. The molecule has 356 valence electrons. The molecule has 0 spiro atoms. The van der Waals surface area contributed by atoms with E-state index in [2.05, 4.69) is 190 Å². The lowest BCUT2D eigenvalue weighted by molar-refractivity contribution is 0.590. The molecule has 0 atom stereocenters. The maximum Gasteiger partial charge on any atom is 0.342 e. The maximum atomic E-state index is 7.46. The standard InChI is InChI=1S/C65H59BN2O4/c1-35(2)40-29-51-57-52(30-40)68(59-37(4)22-26-44(39(59)6)50-34-70-54-20-16-14-18-46(50)54)61-48-32-42(65(10,11)12)24-28-56(48)72-63(61)66(57)62-60(47-31-41(64(7,8)9)23-27-55(47)71-62)67(51)58-36(3)21-25-43(38(58)5)49-33-69-53-19-15-13-17-45(49)53/h13-35H,1-12H3. The van der Waals surface area contributed by atoms with Crippen molar-refractivity contribution in [3.05, 3.63) is 173 Å². The zero-order chi connectivity index (χ0) is 49.9. The van der Waals surface area contributed by atoms with Gasteiger partial charge in [-0.2, -0.15) is 0 Å². The van der Waals surface area contributed by atoms with Crippen molar-refractivity contribution in [2.24, 2.45) is 0 Å². The molecule has 72 heavy (non-hydrogen) atoms. The fourth-order valence-electron chi connectivity index (χ4n) is 12.0. The van der Waals surface area contributed by atoms with Gasteiger partial charge >= 0.3 is 6.71 Å². The van der Waals surface area contributed by atoms with Crippen molar-refractivity contribution in [1.29, 1.82) is 0 Å². The van der Waals surface area contributed by atoms with E-state index < -0.39 is 0 Å². The number of rotatable bonds is 5. The minimum atomic E-state index is -0.368. The van der Waals surface area contributed by atoms with Crippen molar-refractivity contribution >= 4 is 101 Å². The van der Waals surface area contributed by atoms with Gasteiger partial charge in [0.15, 0.2) is 0 Å². The molecule has 6 heterocycles. The number of para-hydroxylation sites is 2.